The first-order valence-corrected chi connectivity index (χ1v) is 11.2. The summed E-state index contributed by atoms with van der Waals surface area (Å²) in [5, 5.41) is 3.46. The normalized spacial score (nSPS) is 24.9. The zero-order chi connectivity index (χ0) is 20.1. The first kappa shape index (κ1) is 23.3. The van der Waals surface area contributed by atoms with Crippen LogP contribution in [-0.2, 0) is 9.53 Å². The number of hydrogen-bond donors (Lipinski definition) is 1. The molecule has 1 amide bonds. The predicted molar refractivity (Wildman–Crippen MR) is 130 cm³/mol. The number of aliphatic imine (C=N–C) groups is 1. The molecular weight excluding hydrogens is 491 g/mol. The Morgan fingerprint density at radius 2 is 1.80 bits per heavy atom. The average Bonchev–Trinajstić information content (AvgIpc) is 3.57. The van der Waals surface area contributed by atoms with E-state index in [-0.39, 0.29) is 29.9 Å². The maximum Gasteiger partial charge on any atom is 0.225 e. The van der Waals surface area contributed by atoms with Crippen molar-refractivity contribution >= 4 is 35.8 Å². The molecule has 6 nitrogen and oxygen atoms in total. The minimum Gasteiger partial charge on any atom is -0.378 e. The number of nitrogens with one attached hydrogen (secondary N) is 1. The van der Waals surface area contributed by atoms with Crippen molar-refractivity contribution in [2.45, 2.75) is 32.1 Å². The van der Waals surface area contributed by atoms with Crippen LogP contribution in [0.3, 0.4) is 0 Å². The average molecular weight is 526 g/mol. The lowest BCUT2D eigenvalue weighted by molar-refractivity contribution is -0.140. The quantitative estimate of drug-likeness (QED) is 0.364. The Morgan fingerprint density at radius 3 is 2.47 bits per heavy atom. The van der Waals surface area contributed by atoms with Gasteiger partial charge in [0.25, 0.3) is 0 Å². The number of rotatable bonds is 5. The number of benzene rings is 1. The molecule has 3 fully saturated rings. The zero-order valence-electron chi connectivity index (χ0n) is 18.0. The van der Waals surface area contributed by atoms with Crippen LogP contribution in [0.25, 0.3) is 0 Å². The van der Waals surface area contributed by atoms with Gasteiger partial charge >= 0.3 is 0 Å². The van der Waals surface area contributed by atoms with Gasteiger partial charge in [0.2, 0.25) is 5.91 Å². The van der Waals surface area contributed by atoms with E-state index in [1.165, 1.54) is 12.0 Å². The lowest BCUT2D eigenvalue weighted by atomic mass is 9.95. The summed E-state index contributed by atoms with van der Waals surface area (Å²) in [6, 6.07) is 10.8. The number of nitrogens with zero attached hydrogens (tertiary/aromatic N) is 3. The van der Waals surface area contributed by atoms with Gasteiger partial charge in [-0.25, -0.2) is 0 Å². The molecule has 2 unspecified atom stereocenters. The molecule has 2 saturated heterocycles. The van der Waals surface area contributed by atoms with Crippen molar-refractivity contribution in [2.24, 2.45) is 16.8 Å². The van der Waals surface area contributed by atoms with Crippen LogP contribution in [0.15, 0.2) is 35.3 Å². The van der Waals surface area contributed by atoms with Gasteiger partial charge in [0.1, 0.15) is 0 Å². The Labute approximate surface area is 197 Å². The fourth-order valence-corrected chi connectivity index (χ4v) is 4.57. The monoisotopic (exact) mass is 526 g/mol. The second-order valence-corrected chi connectivity index (χ2v) is 8.41. The highest BCUT2D eigenvalue weighted by Gasteiger charge is 2.38. The van der Waals surface area contributed by atoms with Crippen LogP contribution < -0.4 is 5.32 Å². The minimum atomic E-state index is 0. The van der Waals surface area contributed by atoms with Gasteiger partial charge in [-0.15, -0.1) is 24.0 Å². The summed E-state index contributed by atoms with van der Waals surface area (Å²) < 4.78 is 5.37. The van der Waals surface area contributed by atoms with Crippen molar-refractivity contribution in [3.8, 4) is 0 Å². The molecule has 0 bridgehead atoms. The second kappa shape index (κ2) is 11.3. The van der Waals surface area contributed by atoms with E-state index in [9.17, 15) is 4.79 Å². The SMILES string of the molecule is CCNC(=NCC1CC1c1ccccc1)N1CCC(C(=O)N2CCOCC2)CC1.I. The molecule has 2 aliphatic heterocycles. The van der Waals surface area contributed by atoms with Gasteiger partial charge in [-0.05, 0) is 43.6 Å². The van der Waals surface area contributed by atoms with Crippen molar-refractivity contribution < 1.29 is 9.53 Å². The number of guanidine groups is 1. The van der Waals surface area contributed by atoms with E-state index in [1.54, 1.807) is 0 Å². The molecule has 4 rings (SSSR count). The van der Waals surface area contributed by atoms with Crippen LogP contribution in [-0.4, -0.2) is 74.1 Å². The molecular formula is C23H35IN4O2. The van der Waals surface area contributed by atoms with Crippen LogP contribution in [0, 0.1) is 11.8 Å². The third kappa shape index (κ3) is 5.87. The smallest absolute Gasteiger partial charge is 0.225 e. The Morgan fingerprint density at radius 1 is 1.10 bits per heavy atom. The molecule has 1 aromatic rings. The molecule has 7 heteroatoms. The van der Waals surface area contributed by atoms with Crippen molar-refractivity contribution in [3.63, 3.8) is 0 Å². The molecule has 166 valence electrons. The number of ether oxygens (including phenoxy) is 1. The molecule has 1 N–H and O–H groups in total. The van der Waals surface area contributed by atoms with Gasteiger partial charge in [0.15, 0.2) is 5.96 Å². The summed E-state index contributed by atoms with van der Waals surface area (Å²) in [4.78, 5) is 22.0. The molecule has 1 saturated carbocycles. The molecule has 3 aliphatic rings. The number of halogens is 1. The van der Waals surface area contributed by atoms with E-state index in [2.05, 4.69) is 47.5 Å². The van der Waals surface area contributed by atoms with Crippen LogP contribution >= 0.6 is 24.0 Å². The van der Waals surface area contributed by atoms with E-state index < -0.39 is 0 Å². The van der Waals surface area contributed by atoms with E-state index in [1.807, 2.05) is 4.90 Å². The number of piperidine rings is 1. The summed E-state index contributed by atoms with van der Waals surface area (Å²) in [7, 11) is 0. The van der Waals surface area contributed by atoms with Gasteiger partial charge in [-0.1, -0.05) is 30.3 Å². The summed E-state index contributed by atoms with van der Waals surface area (Å²) in [6.45, 7) is 8.51. The summed E-state index contributed by atoms with van der Waals surface area (Å²) >= 11 is 0. The van der Waals surface area contributed by atoms with Crippen LogP contribution in [0.2, 0.25) is 0 Å². The molecule has 2 heterocycles. The first-order chi connectivity index (χ1) is 14.3. The first-order valence-electron chi connectivity index (χ1n) is 11.2. The van der Waals surface area contributed by atoms with Crippen LogP contribution in [0.5, 0.6) is 0 Å². The zero-order valence-corrected chi connectivity index (χ0v) is 20.3. The number of amides is 1. The van der Waals surface area contributed by atoms with E-state index in [0.29, 0.717) is 31.0 Å². The van der Waals surface area contributed by atoms with E-state index >= 15 is 0 Å². The molecule has 1 aromatic carbocycles. The number of carbonyl (C=O) groups excluding carboxylic acids is 1. The maximum atomic E-state index is 12.8. The third-order valence-corrected chi connectivity index (χ3v) is 6.43. The molecule has 30 heavy (non-hydrogen) atoms. The highest BCUT2D eigenvalue weighted by Crippen LogP contribution is 2.47. The summed E-state index contributed by atoms with van der Waals surface area (Å²) in [6.07, 6.45) is 3.07. The molecule has 0 aromatic heterocycles. The highest BCUT2D eigenvalue weighted by atomic mass is 127. The molecule has 0 spiro atoms. The van der Waals surface area contributed by atoms with E-state index in [0.717, 1.165) is 58.1 Å². The van der Waals surface area contributed by atoms with Gasteiger partial charge in [-0.3, -0.25) is 9.79 Å². The van der Waals surface area contributed by atoms with Crippen molar-refractivity contribution in [1.82, 2.24) is 15.1 Å². The van der Waals surface area contributed by atoms with Crippen molar-refractivity contribution in [3.05, 3.63) is 35.9 Å². The van der Waals surface area contributed by atoms with Gasteiger partial charge in [-0.2, -0.15) is 0 Å². The fraction of sp³-hybridized carbons (Fsp3) is 0.652. The lowest BCUT2D eigenvalue weighted by Crippen LogP contribution is -2.50. The Kier molecular flexibility index (Phi) is 8.80. The number of morpholine rings is 1. The lowest BCUT2D eigenvalue weighted by Gasteiger charge is -2.36. The number of likely N-dealkylation sites (tertiary alicyclic amines) is 1. The Hall–Kier alpha value is -1.35. The molecule has 2 atom stereocenters. The van der Waals surface area contributed by atoms with Crippen LogP contribution in [0.1, 0.15) is 37.7 Å². The summed E-state index contributed by atoms with van der Waals surface area (Å²) in [5.41, 5.74) is 1.44. The largest absolute Gasteiger partial charge is 0.378 e. The number of hydrogen-bond acceptors (Lipinski definition) is 3. The van der Waals surface area contributed by atoms with Gasteiger partial charge in [0, 0.05) is 45.2 Å². The fourth-order valence-electron chi connectivity index (χ4n) is 4.57. The van der Waals surface area contributed by atoms with Gasteiger partial charge < -0.3 is 19.9 Å². The minimum absolute atomic E-state index is 0. The second-order valence-electron chi connectivity index (χ2n) is 8.41. The highest BCUT2D eigenvalue weighted by molar-refractivity contribution is 14.0. The van der Waals surface area contributed by atoms with Crippen molar-refractivity contribution in [2.75, 3.05) is 52.5 Å². The maximum absolute atomic E-state index is 12.8. The predicted octanol–water partition coefficient (Wildman–Crippen LogP) is 2.94. The van der Waals surface area contributed by atoms with Crippen molar-refractivity contribution in [1.29, 1.82) is 0 Å². The topological polar surface area (TPSA) is 57.2 Å². The molecule has 1 aliphatic carbocycles. The number of carbonyl (C=O) groups is 1. The van der Waals surface area contributed by atoms with E-state index in [4.69, 9.17) is 9.73 Å². The standard InChI is InChI=1S/C23H34N4O2.HI/c1-2-24-23(25-17-20-16-21(20)18-6-4-3-5-7-18)27-10-8-19(9-11-27)22(28)26-12-14-29-15-13-26;/h3-7,19-21H,2,8-17H2,1H3,(H,24,25);1H. The molecule has 0 radical (unpaired) electrons. The van der Waals surface area contributed by atoms with Crippen LogP contribution in [0.4, 0.5) is 0 Å². The Bertz CT molecular complexity index is 700. The Balaban J connectivity index is 0.00000256. The van der Waals surface area contributed by atoms with Gasteiger partial charge in [0.05, 0.1) is 13.2 Å². The summed E-state index contributed by atoms with van der Waals surface area (Å²) in [5.74, 6) is 2.81. The third-order valence-electron chi connectivity index (χ3n) is 6.43.